The molecular weight excluding hydrogens is 268 g/mol. The first-order valence-electron chi connectivity index (χ1n) is 7.55. The Morgan fingerprint density at radius 3 is 3.05 bits per heavy atom. The van der Waals surface area contributed by atoms with Crippen LogP contribution in [0, 0.1) is 5.92 Å². The molecule has 0 saturated heterocycles. The zero-order valence-corrected chi connectivity index (χ0v) is 11.5. The number of hydrogen-bond donors (Lipinski definition) is 2. The van der Waals surface area contributed by atoms with Crippen LogP contribution in [0.4, 0.5) is 0 Å². The van der Waals surface area contributed by atoms with Gasteiger partial charge in [-0.15, -0.1) is 0 Å². The van der Waals surface area contributed by atoms with Crippen LogP contribution in [0.3, 0.4) is 0 Å². The maximum atomic E-state index is 12.4. The SMILES string of the molecule is O=C1C=C[C@@]2(O)[C@@H]3CCCC24c2c(ccc(O)c2OC14)C3. The molecule has 0 aromatic heterocycles. The average molecular weight is 284 g/mol. The zero-order valence-electron chi connectivity index (χ0n) is 11.5. The van der Waals surface area contributed by atoms with Gasteiger partial charge in [0.25, 0.3) is 0 Å². The van der Waals surface area contributed by atoms with E-state index in [0.29, 0.717) is 5.75 Å². The molecule has 1 aromatic rings. The van der Waals surface area contributed by atoms with E-state index in [0.717, 1.165) is 36.8 Å². The molecule has 4 atom stereocenters. The van der Waals surface area contributed by atoms with E-state index in [1.807, 2.05) is 6.07 Å². The van der Waals surface area contributed by atoms with Crippen molar-refractivity contribution in [1.82, 2.24) is 0 Å². The Morgan fingerprint density at radius 2 is 2.19 bits per heavy atom. The summed E-state index contributed by atoms with van der Waals surface area (Å²) in [5.41, 5.74) is 0.255. The topological polar surface area (TPSA) is 66.8 Å². The summed E-state index contributed by atoms with van der Waals surface area (Å²) in [6.07, 6.45) is 5.90. The van der Waals surface area contributed by atoms with Gasteiger partial charge in [0.1, 0.15) is 5.60 Å². The number of rotatable bonds is 0. The molecule has 3 aliphatic carbocycles. The summed E-state index contributed by atoms with van der Waals surface area (Å²) in [6, 6.07) is 3.56. The van der Waals surface area contributed by atoms with Gasteiger partial charge in [-0.3, -0.25) is 4.79 Å². The molecule has 4 nitrogen and oxygen atoms in total. The van der Waals surface area contributed by atoms with E-state index in [-0.39, 0.29) is 17.5 Å². The maximum Gasteiger partial charge on any atom is 0.196 e. The highest BCUT2D eigenvalue weighted by Crippen LogP contribution is 2.65. The first kappa shape index (κ1) is 11.8. The number of aliphatic hydroxyl groups is 1. The van der Waals surface area contributed by atoms with Crippen molar-refractivity contribution in [2.75, 3.05) is 0 Å². The van der Waals surface area contributed by atoms with Crippen LogP contribution < -0.4 is 4.74 Å². The fourth-order valence-corrected chi connectivity index (χ4v) is 5.22. The standard InChI is InChI=1S/C17H16O4/c18-11-4-3-9-8-10-2-1-6-16-13(9)14(11)21-15(16)12(19)5-7-17(10,16)20/h3-5,7,10,15,18,20H,1-2,6,8H2/t10-,15?,16?,17-/m1/s1. The summed E-state index contributed by atoms with van der Waals surface area (Å²) >= 11 is 0. The number of phenolic OH excluding ortho intramolecular Hbond substituents is 1. The molecular formula is C17H16O4. The second-order valence-electron chi connectivity index (χ2n) is 6.77. The Bertz CT molecular complexity index is 722. The van der Waals surface area contributed by atoms with Gasteiger partial charge < -0.3 is 14.9 Å². The van der Waals surface area contributed by atoms with Gasteiger partial charge in [-0.2, -0.15) is 0 Å². The van der Waals surface area contributed by atoms with E-state index in [2.05, 4.69) is 0 Å². The van der Waals surface area contributed by atoms with Crippen LogP contribution in [-0.4, -0.2) is 27.7 Å². The van der Waals surface area contributed by atoms with Crippen molar-refractivity contribution < 1.29 is 19.7 Å². The van der Waals surface area contributed by atoms with Crippen LogP contribution in [0.5, 0.6) is 11.5 Å². The van der Waals surface area contributed by atoms with Crippen molar-refractivity contribution in [3.05, 3.63) is 35.4 Å². The summed E-state index contributed by atoms with van der Waals surface area (Å²) < 4.78 is 5.88. The van der Waals surface area contributed by atoms with Gasteiger partial charge in [0, 0.05) is 5.56 Å². The van der Waals surface area contributed by atoms with Gasteiger partial charge in [0.15, 0.2) is 23.4 Å². The predicted molar refractivity (Wildman–Crippen MR) is 74.3 cm³/mol. The number of aromatic hydroxyl groups is 1. The number of ketones is 1. The third-order valence-corrected chi connectivity index (χ3v) is 6.04. The lowest BCUT2D eigenvalue weighted by Gasteiger charge is -2.57. The lowest BCUT2D eigenvalue weighted by molar-refractivity contribution is -0.144. The minimum Gasteiger partial charge on any atom is -0.504 e. The van der Waals surface area contributed by atoms with Crippen LogP contribution in [0.2, 0.25) is 0 Å². The molecule has 2 bridgehead atoms. The van der Waals surface area contributed by atoms with E-state index in [4.69, 9.17) is 4.74 Å². The monoisotopic (exact) mass is 284 g/mol. The van der Waals surface area contributed by atoms with Gasteiger partial charge in [-0.1, -0.05) is 12.5 Å². The Kier molecular flexibility index (Phi) is 1.87. The lowest BCUT2D eigenvalue weighted by atomic mass is 9.47. The zero-order chi connectivity index (χ0) is 14.4. The van der Waals surface area contributed by atoms with E-state index in [1.165, 1.54) is 6.08 Å². The molecule has 1 aromatic carbocycles. The van der Waals surface area contributed by atoms with E-state index >= 15 is 0 Å². The minimum absolute atomic E-state index is 0.0664. The van der Waals surface area contributed by atoms with E-state index < -0.39 is 17.1 Å². The quantitative estimate of drug-likeness (QED) is 0.759. The molecule has 1 heterocycles. The molecule has 1 saturated carbocycles. The molecule has 1 fully saturated rings. The average Bonchev–Trinajstić information content (AvgIpc) is 2.80. The fraction of sp³-hybridized carbons (Fsp3) is 0.471. The fourth-order valence-electron chi connectivity index (χ4n) is 5.22. The largest absolute Gasteiger partial charge is 0.504 e. The Hall–Kier alpha value is -1.81. The highest BCUT2D eigenvalue weighted by atomic mass is 16.5. The molecule has 4 heteroatoms. The molecule has 0 radical (unpaired) electrons. The molecule has 0 amide bonds. The Morgan fingerprint density at radius 1 is 1.33 bits per heavy atom. The summed E-state index contributed by atoms with van der Waals surface area (Å²) in [5.74, 6) is 0.485. The summed E-state index contributed by atoms with van der Waals surface area (Å²) in [5, 5.41) is 21.6. The van der Waals surface area contributed by atoms with Crippen LogP contribution in [0.15, 0.2) is 24.3 Å². The lowest BCUT2D eigenvalue weighted by Crippen LogP contribution is -2.68. The summed E-state index contributed by atoms with van der Waals surface area (Å²) in [6.45, 7) is 0. The molecule has 2 unspecified atom stereocenters. The van der Waals surface area contributed by atoms with Crippen LogP contribution in [-0.2, 0) is 16.6 Å². The van der Waals surface area contributed by atoms with Crippen LogP contribution >= 0.6 is 0 Å². The number of phenols is 1. The van der Waals surface area contributed by atoms with Crippen molar-refractivity contribution in [3.63, 3.8) is 0 Å². The molecule has 108 valence electrons. The third-order valence-electron chi connectivity index (χ3n) is 6.04. The van der Waals surface area contributed by atoms with Gasteiger partial charge >= 0.3 is 0 Å². The highest BCUT2D eigenvalue weighted by Gasteiger charge is 2.70. The van der Waals surface area contributed by atoms with Crippen LogP contribution in [0.25, 0.3) is 0 Å². The van der Waals surface area contributed by atoms with Crippen molar-refractivity contribution in [3.8, 4) is 11.5 Å². The number of carbonyl (C=O) groups excluding carboxylic acids is 1. The minimum atomic E-state index is -1.03. The summed E-state index contributed by atoms with van der Waals surface area (Å²) in [7, 11) is 0. The molecule has 2 N–H and O–H groups in total. The van der Waals surface area contributed by atoms with Crippen molar-refractivity contribution in [1.29, 1.82) is 0 Å². The Labute approximate surface area is 122 Å². The molecule has 21 heavy (non-hydrogen) atoms. The van der Waals surface area contributed by atoms with Crippen molar-refractivity contribution >= 4 is 5.78 Å². The second kappa shape index (κ2) is 3.33. The van der Waals surface area contributed by atoms with Gasteiger partial charge in [0.05, 0.1) is 5.41 Å². The first-order chi connectivity index (χ1) is 10.1. The van der Waals surface area contributed by atoms with E-state index in [1.54, 1.807) is 12.1 Å². The van der Waals surface area contributed by atoms with Gasteiger partial charge in [0.2, 0.25) is 0 Å². The smallest absolute Gasteiger partial charge is 0.196 e. The van der Waals surface area contributed by atoms with Gasteiger partial charge in [-0.05, 0) is 49.0 Å². The molecule has 1 aliphatic heterocycles. The molecule has 1 spiro atoms. The molecule has 4 aliphatic rings. The number of hydrogen-bond acceptors (Lipinski definition) is 4. The summed E-state index contributed by atoms with van der Waals surface area (Å²) in [4.78, 5) is 12.4. The second-order valence-corrected chi connectivity index (χ2v) is 6.77. The number of carbonyl (C=O) groups is 1. The van der Waals surface area contributed by atoms with Crippen LogP contribution in [0.1, 0.15) is 30.4 Å². The number of ether oxygens (including phenoxy) is 1. The van der Waals surface area contributed by atoms with E-state index in [9.17, 15) is 15.0 Å². The first-order valence-corrected chi connectivity index (χ1v) is 7.55. The molecule has 5 rings (SSSR count). The van der Waals surface area contributed by atoms with Crippen molar-refractivity contribution in [2.24, 2.45) is 5.92 Å². The normalized spacial score (nSPS) is 41.7. The van der Waals surface area contributed by atoms with Crippen molar-refractivity contribution in [2.45, 2.75) is 42.8 Å². The number of benzene rings is 1. The predicted octanol–water partition coefficient (Wildman–Crippen LogP) is 1.62. The highest BCUT2D eigenvalue weighted by molar-refractivity contribution is 5.98. The maximum absolute atomic E-state index is 12.4. The Balaban J connectivity index is 1.93. The van der Waals surface area contributed by atoms with Gasteiger partial charge in [-0.25, -0.2) is 0 Å². The third kappa shape index (κ3) is 1.06.